The number of oxime groups is 1. The minimum atomic E-state index is -5.62. The average molecular weight is 955 g/mol. The molecule has 4 rings (SSSR count). The molecule has 2 amide bonds. The smallest absolute Gasteiger partial charge is 0.411 e. The van der Waals surface area contributed by atoms with Crippen molar-refractivity contribution in [3.63, 3.8) is 0 Å². The number of nitrogen functional groups attached to an aromatic ring is 1. The molecule has 2 aromatic rings. The van der Waals surface area contributed by atoms with E-state index in [9.17, 15) is 73.2 Å². The van der Waals surface area contributed by atoms with Gasteiger partial charge in [0.05, 0.1) is 31.4 Å². The molecule has 0 radical (unpaired) electrons. The molecule has 0 aromatic carbocycles. The van der Waals surface area contributed by atoms with E-state index in [0.717, 1.165) is 17.2 Å². The van der Waals surface area contributed by atoms with Gasteiger partial charge in [-0.3, -0.25) is 32.5 Å². The molecule has 33 heteroatoms. The Morgan fingerprint density at radius 2 is 1.75 bits per heavy atom. The predicted molar refractivity (Wildman–Crippen MR) is 203 cm³/mol. The maximum absolute atomic E-state index is 12.7. The van der Waals surface area contributed by atoms with Crippen LogP contribution in [0, 0.1) is 5.41 Å². The number of hydrogen-bond acceptors (Lipinski definition) is 23. The quantitative estimate of drug-likeness (QED) is 0.0268. The summed E-state index contributed by atoms with van der Waals surface area (Å²) in [6.45, 7) is -0.0984. The number of carbonyl (C=O) groups excluding carboxylic acids is 3. The van der Waals surface area contributed by atoms with Crippen molar-refractivity contribution in [1.29, 1.82) is 0 Å². The van der Waals surface area contributed by atoms with Gasteiger partial charge in [-0.25, -0.2) is 28.6 Å². The van der Waals surface area contributed by atoms with E-state index in [1.54, 1.807) is 0 Å². The number of nitrogens with one attached hydrogen (secondary N) is 2. The van der Waals surface area contributed by atoms with E-state index >= 15 is 0 Å². The number of aromatic nitrogens is 4. The van der Waals surface area contributed by atoms with E-state index in [4.69, 9.17) is 24.7 Å². The van der Waals surface area contributed by atoms with Gasteiger partial charge in [-0.05, 0) is 0 Å². The van der Waals surface area contributed by atoms with Crippen molar-refractivity contribution in [2.24, 2.45) is 10.6 Å². The van der Waals surface area contributed by atoms with Crippen molar-refractivity contribution < 1.29 is 101 Å². The number of nitrogens with two attached hydrogens (primary N) is 1. The van der Waals surface area contributed by atoms with Crippen molar-refractivity contribution in [2.45, 2.75) is 81.6 Å². The standard InChI is InChI=1S/C28H45N8O21P3S/c1-27(2,21(41)24(42)31-4-3-16(38)30-5-6-61-26(43)28(44)7-13(35-45)18(39)14(37)8-28)10-54-60(51,52)57-59(49,50)53-9-15-20(56-58(46,47)48)19(40)25(55-15)36-12-34-17-22(29)32-11-33-23(17)36/h11-12,14-15,18-21,25,37,39-41,44-45H,3-10H2,1-2H3,(H,30,38)(H,31,42)(H,49,50)(H,51,52)(H2,29,32,33)(H2,46,47,48)/b35-13+. The molecule has 10 atom stereocenters. The second-order valence-corrected chi connectivity index (χ2v) is 19.5. The van der Waals surface area contributed by atoms with Crippen molar-refractivity contribution in [1.82, 2.24) is 30.2 Å². The van der Waals surface area contributed by atoms with Crippen molar-refractivity contribution in [2.75, 3.05) is 37.8 Å². The first kappa shape index (κ1) is 50.6. The molecular formula is C28H45N8O21P3S. The number of imidazole rings is 1. The topological polar surface area (TPSA) is 457 Å². The highest BCUT2D eigenvalue weighted by molar-refractivity contribution is 8.13. The lowest BCUT2D eigenvalue weighted by atomic mass is 9.81. The molecule has 29 nitrogen and oxygen atoms in total. The highest BCUT2D eigenvalue weighted by atomic mass is 32.2. The van der Waals surface area contributed by atoms with E-state index in [0.29, 0.717) is 11.8 Å². The first-order chi connectivity index (χ1) is 28.2. The lowest BCUT2D eigenvalue weighted by Gasteiger charge is -2.36. The van der Waals surface area contributed by atoms with Crippen LogP contribution in [0.3, 0.4) is 0 Å². The Morgan fingerprint density at radius 3 is 2.41 bits per heavy atom. The van der Waals surface area contributed by atoms with Crippen molar-refractivity contribution in [3.05, 3.63) is 12.7 Å². The Hall–Kier alpha value is -3.09. The van der Waals surface area contributed by atoms with Gasteiger partial charge >= 0.3 is 23.5 Å². The number of fused-ring (bicyclic) bond motifs is 1. The summed E-state index contributed by atoms with van der Waals surface area (Å²) in [5, 5.41) is 67.4. The van der Waals surface area contributed by atoms with Crippen LogP contribution in [-0.4, -0.2) is 167 Å². The zero-order valence-corrected chi connectivity index (χ0v) is 35.4. The molecule has 10 unspecified atom stereocenters. The predicted octanol–water partition coefficient (Wildman–Crippen LogP) is -3.26. The molecule has 2 fully saturated rings. The van der Waals surface area contributed by atoms with Crippen LogP contribution in [0.1, 0.15) is 39.3 Å². The summed E-state index contributed by atoms with van der Waals surface area (Å²) in [4.78, 5) is 88.3. The van der Waals surface area contributed by atoms with Crippen LogP contribution in [0.5, 0.6) is 0 Å². The third-order valence-electron chi connectivity index (χ3n) is 8.97. The van der Waals surface area contributed by atoms with Gasteiger partial charge < -0.3 is 71.4 Å². The van der Waals surface area contributed by atoms with E-state index in [-0.39, 0.29) is 48.0 Å². The van der Waals surface area contributed by atoms with Crippen molar-refractivity contribution >= 4 is 74.9 Å². The first-order valence-electron chi connectivity index (χ1n) is 17.5. The Bertz CT molecular complexity index is 2090. The van der Waals surface area contributed by atoms with Crippen LogP contribution in [0.4, 0.5) is 5.82 Å². The van der Waals surface area contributed by atoms with Gasteiger partial charge in [-0.2, -0.15) is 4.31 Å². The number of phosphoric acid groups is 3. The largest absolute Gasteiger partial charge is 0.481 e. The number of aliphatic hydroxyl groups excluding tert-OH is 4. The fourth-order valence-electron chi connectivity index (χ4n) is 5.81. The summed E-state index contributed by atoms with van der Waals surface area (Å²) in [5.41, 5.74) is 1.65. The number of carbonyl (C=O) groups is 3. The molecule has 61 heavy (non-hydrogen) atoms. The molecular weight excluding hydrogens is 909 g/mol. The van der Waals surface area contributed by atoms with E-state index in [1.165, 1.54) is 13.8 Å². The summed E-state index contributed by atoms with van der Waals surface area (Å²) in [6.07, 6.45) is -11.4. The van der Waals surface area contributed by atoms with Gasteiger partial charge in [0.2, 0.25) is 16.9 Å². The second kappa shape index (κ2) is 20.2. The van der Waals surface area contributed by atoms with Gasteiger partial charge in [0.1, 0.15) is 48.0 Å². The molecule has 1 saturated heterocycles. The fraction of sp³-hybridized carbons (Fsp3) is 0.679. The zero-order valence-electron chi connectivity index (χ0n) is 31.9. The highest BCUT2D eigenvalue weighted by Gasteiger charge is 2.51. The SMILES string of the molecule is CC(C)(COP(=O)(O)OP(=O)(O)OCC1OC(n2cnc3c(N)ncnc32)C(O)C1OP(=O)(O)O)C(O)C(=O)NCCC(=O)NCCSC(=O)C1(O)C/C(=N\O)C(O)C(O)C1. The Morgan fingerprint density at radius 1 is 1.08 bits per heavy atom. The van der Waals surface area contributed by atoms with Gasteiger partial charge in [0.25, 0.3) is 0 Å². The van der Waals surface area contributed by atoms with Crippen LogP contribution in [0.15, 0.2) is 17.8 Å². The second-order valence-electron chi connectivity index (χ2n) is 14.2. The first-order valence-corrected chi connectivity index (χ1v) is 23.1. The third-order valence-corrected chi connectivity index (χ3v) is 13.1. The number of hydrogen-bond donors (Lipinski definition) is 13. The van der Waals surface area contributed by atoms with Crippen LogP contribution in [0.25, 0.3) is 11.2 Å². The molecule has 0 bridgehead atoms. The molecule has 344 valence electrons. The Labute approximate surface area is 348 Å². The van der Waals surface area contributed by atoms with Crippen LogP contribution < -0.4 is 16.4 Å². The van der Waals surface area contributed by atoms with E-state index in [1.807, 2.05) is 0 Å². The lowest BCUT2D eigenvalue weighted by molar-refractivity contribution is -0.137. The lowest BCUT2D eigenvalue weighted by Crippen LogP contribution is -2.53. The van der Waals surface area contributed by atoms with Crippen LogP contribution in [0.2, 0.25) is 0 Å². The van der Waals surface area contributed by atoms with Gasteiger partial charge in [-0.1, -0.05) is 30.8 Å². The number of rotatable bonds is 20. The number of anilines is 1. The number of nitrogens with zero attached hydrogens (tertiary/aromatic N) is 5. The number of thioether (sulfide) groups is 1. The summed E-state index contributed by atoms with van der Waals surface area (Å²) in [7, 11) is -16.5. The highest BCUT2D eigenvalue weighted by Crippen LogP contribution is 2.61. The molecule has 1 aliphatic heterocycles. The number of ether oxygens (including phenoxy) is 1. The Balaban J connectivity index is 1.21. The maximum Gasteiger partial charge on any atom is 0.481 e. The number of aliphatic hydroxyl groups is 5. The minimum absolute atomic E-state index is 0.00961. The Kier molecular flexibility index (Phi) is 16.7. The normalized spacial score (nSPS) is 28.0. The summed E-state index contributed by atoms with van der Waals surface area (Å²) in [5.74, 6) is -1.75. The molecule has 1 saturated carbocycles. The third kappa shape index (κ3) is 13.5. The zero-order chi connectivity index (χ0) is 45.7. The molecule has 3 heterocycles. The monoisotopic (exact) mass is 954 g/mol. The maximum atomic E-state index is 12.7. The fourth-order valence-corrected chi connectivity index (χ4v) is 9.46. The van der Waals surface area contributed by atoms with Crippen LogP contribution in [-0.2, 0) is 50.7 Å². The molecule has 0 spiro atoms. The van der Waals surface area contributed by atoms with Crippen LogP contribution >= 0.6 is 35.2 Å². The molecule has 2 aromatic heterocycles. The van der Waals surface area contributed by atoms with Crippen molar-refractivity contribution in [3.8, 4) is 0 Å². The van der Waals surface area contributed by atoms with E-state index in [2.05, 4.69) is 39.6 Å². The number of phosphoric ester groups is 3. The van der Waals surface area contributed by atoms with Gasteiger partial charge in [0, 0.05) is 43.5 Å². The number of amides is 2. The molecule has 14 N–H and O–H groups in total. The summed E-state index contributed by atoms with van der Waals surface area (Å²) in [6, 6.07) is 0. The molecule has 2 aliphatic rings. The summed E-state index contributed by atoms with van der Waals surface area (Å²) < 4.78 is 62.1. The average Bonchev–Trinajstić information content (AvgIpc) is 3.72. The summed E-state index contributed by atoms with van der Waals surface area (Å²) >= 11 is 0.612. The van der Waals surface area contributed by atoms with Gasteiger partial charge in [-0.15, -0.1) is 0 Å². The van der Waals surface area contributed by atoms with Gasteiger partial charge in [0.15, 0.2) is 17.7 Å². The minimum Gasteiger partial charge on any atom is -0.411 e. The van der Waals surface area contributed by atoms with E-state index < -0.39 is 120 Å². The molecule has 1 aliphatic carbocycles.